The highest BCUT2D eigenvalue weighted by Gasteiger charge is 2.48. The quantitative estimate of drug-likeness (QED) is 0.673. The summed E-state index contributed by atoms with van der Waals surface area (Å²) in [5, 5.41) is 2.85. The van der Waals surface area contributed by atoms with Crippen LogP contribution < -0.4 is 10.1 Å². The zero-order valence-corrected chi connectivity index (χ0v) is 18.3. The van der Waals surface area contributed by atoms with Crippen LogP contribution in [0.5, 0.6) is 5.75 Å². The van der Waals surface area contributed by atoms with E-state index in [1.165, 1.54) is 23.4 Å². The molecule has 158 valence electrons. The number of hydrogen-bond donors (Lipinski definition) is 1. The van der Waals surface area contributed by atoms with Gasteiger partial charge in [-0.25, -0.2) is 4.79 Å². The summed E-state index contributed by atoms with van der Waals surface area (Å²) in [6, 6.07) is 6.76. The van der Waals surface area contributed by atoms with Crippen molar-refractivity contribution in [2.45, 2.75) is 19.8 Å². The van der Waals surface area contributed by atoms with Gasteiger partial charge in [-0.15, -0.1) is 16.8 Å². The molecule has 4 amide bonds. The number of imide groups is 1. The Morgan fingerprint density at radius 3 is 2.77 bits per heavy atom. The molecule has 0 fully saturated rings. The first kappa shape index (κ1) is 21.8. The third kappa shape index (κ3) is 4.16. The molecule has 0 saturated carbocycles. The first-order valence-electron chi connectivity index (χ1n) is 9.63. The number of hydrogen-bond acceptors (Lipinski definition) is 6. The van der Waals surface area contributed by atoms with E-state index < -0.39 is 11.9 Å². The normalized spacial score (nSPS) is 18.7. The van der Waals surface area contributed by atoms with E-state index in [0.717, 1.165) is 28.2 Å². The lowest BCUT2D eigenvalue weighted by molar-refractivity contribution is -0.407. The van der Waals surface area contributed by atoms with Crippen LogP contribution >= 0.6 is 11.8 Å². The van der Waals surface area contributed by atoms with Crippen LogP contribution in [-0.2, 0) is 9.59 Å². The van der Waals surface area contributed by atoms with Gasteiger partial charge in [0, 0.05) is 4.91 Å². The number of benzene rings is 1. The number of aliphatic imine (C=N–C) groups is 1. The minimum atomic E-state index is -0.673. The van der Waals surface area contributed by atoms with Crippen molar-refractivity contribution in [1.29, 1.82) is 0 Å². The second-order valence-corrected chi connectivity index (χ2v) is 7.98. The van der Waals surface area contributed by atoms with Gasteiger partial charge in [0.2, 0.25) is 5.91 Å². The van der Waals surface area contributed by atoms with Crippen LogP contribution in [0, 0.1) is 5.92 Å². The summed E-state index contributed by atoms with van der Waals surface area (Å²) in [7, 11) is 4.61. The highest BCUT2D eigenvalue weighted by molar-refractivity contribution is 8.03. The summed E-state index contributed by atoms with van der Waals surface area (Å²) < 4.78 is 6.66. The van der Waals surface area contributed by atoms with E-state index in [1.807, 2.05) is 19.1 Å². The number of thioether (sulfide) groups is 1. The predicted molar refractivity (Wildman–Crippen MR) is 117 cm³/mol. The van der Waals surface area contributed by atoms with Crippen LogP contribution in [0.3, 0.4) is 0 Å². The number of allylic oxidation sites excluding steroid dienone is 1. The third-order valence-corrected chi connectivity index (χ3v) is 6.16. The second-order valence-electron chi connectivity index (χ2n) is 6.96. The Balaban J connectivity index is 1.84. The van der Waals surface area contributed by atoms with Crippen molar-refractivity contribution in [2.24, 2.45) is 10.9 Å². The number of para-hydroxylation sites is 2. The lowest BCUT2D eigenvalue weighted by atomic mass is 9.96. The number of urea groups is 1. The summed E-state index contributed by atoms with van der Waals surface area (Å²) in [5.41, 5.74) is 1.51. The Hall–Kier alpha value is -2.94. The monoisotopic (exact) mass is 429 g/mol. The number of nitrogens with zero attached hydrogens (tertiary/aromatic N) is 3. The molecule has 1 N–H and O–H groups in total. The van der Waals surface area contributed by atoms with Crippen LogP contribution in [0.15, 0.2) is 39.7 Å². The van der Waals surface area contributed by atoms with Gasteiger partial charge in [-0.05, 0) is 24.1 Å². The van der Waals surface area contributed by atoms with Gasteiger partial charge in [0.1, 0.15) is 12.0 Å². The molecule has 1 aromatic rings. The van der Waals surface area contributed by atoms with Gasteiger partial charge < -0.3 is 10.1 Å². The third-order valence-electron chi connectivity index (χ3n) is 4.94. The molecule has 2 aliphatic rings. The number of carbonyl (C=O) groups is 3. The maximum absolute atomic E-state index is 12.9. The van der Waals surface area contributed by atoms with Gasteiger partial charge in [-0.3, -0.25) is 9.59 Å². The number of dihydropyridines is 1. The molecule has 0 spiro atoms. The molecule has 9 heteroatoms. The average Bonchev–Trinajstić information content (AvgIpc) is 2.75. The van der Waals surface area contributed by atoms with Gasteiger partial charge in [0.05, 0.1) is 32.6 Å². The van der Waals surface area contributed by atoms with Gasteiger partial charge in [0.25, 0.3) is 5.84 Å². The smallest absolute Gasteiger partial charge is 0.445 e. The molecule has 30 heavy (non-hydrogen) atoms. The molecule has 1 unspecified atom stereocenters. The van der Waals surface area contributed by atoms with Gasteiger partial charge in [-0.2, -0.15) is 9.48 Å². The van der Waals surface area contributed by atoms with Crippen molar-refractivity contribution >= 4 is 47.3 Å². The highest BCUT2D eigenvalue weighted by Crippen LogP contribution is 2.36. The van der Waals surface area contributed by atoms with Crippen LogP contribution in [0.2, 0.25) is 0 Å². The topological polar surface area (TPSA) is 91.1 Å². The van der Waals surface area contributed by atoms with Gasteiger partial charge >= 0.3 is 11.9 Å². The fourth-order valence-corrected chi connectivity index (χ4v) is 4.48. The Labute approximate surface area is 179 Å². The largest absolute Gasteiger partial charge is 0.495 e. The molecule has 3 rings (SSSR count). The molecule has 0 aliphatic carbocycles. The average molecular weight is 430 g/mol. The SMILES string of the molecule is CCCC1=C(SCC(=O)Nc2ccccc2OC)C2C(=O)N(C)C(=O)[N+](C)=C2N=C1. The van der Waals surface area contributed by atoms with E-state index in [-0.39, 0.29) is 17.6 Å². The van der Waals surface area contributed by atoms with E-state index in [9.17, 15) is 14.4 Å². The summed E-state index contributed by atoms with van der Waals surface area (Å²) >= 11 is 1.31. The van der Waals surface area contributed by atoms with Crippen LogP contribution in [-0.4, -0.2) is 66.3 Å². The van der Waals surface area contributed by atoms with Crippen molar-refractivity contribution in [3.63, 3.8) is 0 Å². The zero-order valence-electron chi connectivity index (χ0n) is 17.5. The van der Waals surface area contributed by atoms with Crippen LogP contribution in [0.1, 0.15) is 19.8 Å². The minimum Gasteiger partial charge on any atom is -0.495 e. The van der Waals surface area contributed by atoms with E-state index in [2.05, 4.69) is 10.3 Å². The van der Waals surface area contributed by atoms with E-state index >= 15 is 0 Å². The zero-order chi connectivity index (χ0) is 21.8. The molecule has 2 heterocycles. The highest BCUT2D eigenvalue weighted by atomic mass is 32.2. The number of amides is 4. The van der Waals surface area contributed by atoms with Gasteiger partial charge in [-0.1, -0.05) is 25.5 Å². The summed E-state index contributed by atoms with van der Waals surface area (Å²) in [6.07, 6.45) is 3.32. The summed E-state index contributed by atoms with van der Waals surface area (Å²) in [4.78, 5) is 44.1. The van der Waals surface area contributed by atoms with E-state index in [0.29, 0.717) is 17.3 Å². The number of ether oxygens (including phenoxy) is 1. The van der Waals surface area contributed by atoms with Crippen molar-refractivity contribution < 1.29 is 23.7 Å². The van der Waals surface area contributed by atoms with Crippen LogP contribution in [0.25, 0.3) is 0 Å². The maximum atomic E-state index is 12.9. The van der Waals surface area contributed by atoms with Gasteiger partial charge in [0.15, 0.2) is 5.92 Å². The van der Waals surface area contributed by atoms with Crippen molar-refractivity contribution in [3.8, 4) is 5.75 Å². The molecule has 0 saturated heterocycles. The lowest BCUT2D eigenvalue weighted by Crippen LogP contribution is -2.52. The number of anilines is 1. The van der Waals surface area contributed by atoms with E-state index in [1.54, 1.807) is 32.5 Å². The fourth-order valence-electron chi connectivity index (χ4n) is 3.41. The maximum Gasteiger partial charge on any atom is 0.445 e. The minimum absolute atomic E-state index is 0.118. The molecule has 0 bridgehead atoms. The molecule has 0 radical (unpaired) electrons. The molecule has 2 aliphatic heterocycles. The molecule has 8 nitrogen and oxygen atoms in total. The number of rotatable bonds is 7. The number of methoxy groups -OCH3 is 1. The lowest BCUT2D eigenvalue weighted by Gasteiger charge is -2.28. The molecular formula is C21H25N4O4S+. The van der Waals surface area contributed by atoms with Crippen LogP contribution in [0.4, 0.5) is 10.5 Å². The summed E-state index contributed by atoms with van der Waals surface area (Å²) in [6.45, 7) is 2.04. The first-order chi connectivity index (χ1) is 14.4. The number of carbonyl (C=O) groups excluding carboxylic acids is 3. The first-order valence-corrected chi connectivity index (χ1v) is 10.6. The number of fused-ring (bicyclic) bond motifs is 1. The Morgan fingerprint density at radius 2 is 2.07 bits per heavy atom. The van der Waals surface area contributed by atoms with Crippen molar-refractivity contribution in [3.05, 3.63) is 34.7 Å². The molecular weight excluding hydrogens is 404 g/mol. The second kappa shape index (κ2) is 9.25. The number of amidine groups is 1. The van der Waals surface area contributed by atoms with Crippen molar-refractivity contribution in [2.75, 3.05) is 32.3 Å². The Kier molecular flexibility index (Phi) is 6.71. The standard InChI is InChI=1S/C21H24N4O4S/c1-5-8-13-11-22-19-17(20(27)25(3)21(28)24(19)2)18(13)30-12-16(26)23-14-9-6-7-10-15(14)29-4/h6-7,9-11,17H,5,8,12H2,1-4H3/p+1. The molecule has 1 atom stereocenters. The molecule has 1 aromatic carbocycles. The predicted octanol–water partition coefficient (Wildman–Crippen LogP) is 2.75. The van der Waals surface area contributed by atoms with Crippen molar-refractivity contribution in [1.82, 2.24) is 4.90 Å². The molecule has 0 aromatic heterocycles. The Morgan fingerprint density at radius 1 is 1.33 bits per heavy atom. The van der Waals surface area contributed by atoms with E-state index in [4.69, 9.17) is 4.74 Å². The number of nitrogens with one attached hydrogen (secondary N) is 1. The summed E-state index contributed by atoms with van der Waals surface area (Å²) in [5.74, 6) is -0.119. The Bertz CT molecular complexity index is 983. The fraction of sp³-hybridized carbons (Fsp3) is 0.381.